The zero-order chi connectivity index (χ0) is 18.1. The maximum atomic E-state index is 13.2. The van der Waals surface area contributed by atoms with Crippen molar-refractivity contribution in [2.24, 2.45) is 0 Å². The molecule has 134 valence electrons. The molecule has 0 aromatic heterocycles. The molecule has 1 saturated heterocycles. The molecule has 1 aromatic rings. The Morgan fingerprint density at radius 2 is 1.75 bits per heavy atom. The van der Waals surface area contributed by atoms with E-state index in [0.717, 1.165) is 6.07 Å². The van der Waals surface area contributed by atoms with E-state index in [9.17, 15) is 17.6 Å². The van der Waals surface area contributed by atoms with Crippen molar-refractivity contribution in [1.82, 2.24) is 9.21 Å². The highest BCUT2D eigenvalue weighted by Crippen LogP contribution is 2.22. The van der Waals surface area contributed by atoms with Gasteiger partial charge in [0.1, 0.15) is 11.4 Å². The molecule has 6 nitrogen and oxygen atoms in total. The van der Waals surface area contributed by atoms with Crippen molar-refractivity contribution < 1.29 is 22.3 Å². The van der Waals surface area contributed by atoms with Crippen LogP contribution < -0.4 is 0 Å². The molecule has 0 atom stereocenters. The van der Waals surface area contributed by atoms with E-state index in [0.29, 0.717) is 5.56 Å². The van der Waals surface area contributed by atoms with Crippen molar-refractivity contribution in [1.29, 1.82) is 0 Å². The third kappa shape index (κ3) is 4.24. The molecule has 1 aromatic carbocycles. The lowest BCUT2D eigenvalue weighted by Crippen LogP contribution is -2.51. The van der Waals surface area contributed by atoms with Crippen molar-refractivity contribution in [3.63, 3.8) is 0 Å². The van der Waals surface area contributed by atoms with Gasteiger partial charge in [-0.15, -0.1) is 0 Å². The van der Waals surface area contributed by atoms with Gasteiger partial charge in [-0.05, 0) is 51.5 Å². The minimum absolute atomic E-state index is 0.0922. The fourth-order valence-electron chi connectivity index (χ4n) is 2.48. The third-order valence-electron chi connectivity index (χ3n) is 3.65. The molecule has 0 N–H and O–H groups in total. The molecule has 1 aliphatic rings. The van der Waals surface area contributed by atoms with Gasteiger partial charge in [0.15, 0.2) is 0 Å². The van der Waals surface area contributed by atoms with Crippen molar-refractivity contribution in [3.8, 4) is 0 Å². The highest BCUT2D eigenvalue weighted by Gasteiger charge is 2.32. The van der Waals surface area contributed by atoms with Crippen LogP contribution in [0.1, 0.15) is 26.3 Å². The zero-order valence-electron chi connectivity index (χ0n) is 14.4. The van der Waals surface area contributed by atoms with Crippen molar-refractivity contribution in [3.05, 3.63) is 29.6 Å². The molecular formula is C16H23FN2O4S. The van der Waals surface area contributed by atoms with Crippen LogP contribution in [0.5, 0.6) is 0 Å². The van der Waals surface area contributed by atoms with E-state index < -0.39 is 27.5 Å². The minimum Gasteiger partial charge on any atom is -0.444 e. The largest absolute Gasteiger partial charge is 0.444 e. The van der Waals surface area contributed by atoms with Gasteiger partial charge in [0.05, 0.1) is 4.90 Å². The number of piperazine rings is 1. The molecule has 0 bridgehead atoms. The Hall–Kier alpha value is -1.67. The van der Waals surface area contributed by atoms with Crippen molar-refractivity contribution >= 4 is 16.1 Å². The maximum absolute atomic E-state index is 13.2. The predicted octanol–water partition coefficient (Wildman–Crippen LogP) is 2.38. The van der Waals surface area contributed by atoms with Gasteiger partial charge >= 0.3 is 6.09 Å². The Balaban J connectivity index is 2.07. The molecule has 8 heteroatoms. The summed E-state index contributed by atoms with van der Waals surface area (Å²) in [5.74, 6) is -0.471. The summed E-state index contributed by atoms with van der Waals surface area (Å²) < 4.78 is 45.2. The SMILES string of the molecule is Cc1cc(F)ccc1S(=O)(=O)N1CCN(C(=O)OC(C)(C)C)CC1. The van der Waals surface area contributed by atoms with E-state index in [1.807, 2.05) is 0 Å². The van der Waals surface area contributed by atoms with E-state index in [-0.39, 0.29) is 31.1 Å². The summed E-state index contributed by atoms with van der Waals surface area (Å²) in [4.78, 5) is 13.6. The molecule has 0 spiro atoms. The molecule has 1 heterocycles. The first kappa shape index (κ1) is 18.7. The highest BCUT2D eigenvalue weighted by atomic mass is 32.2. The fourth-order valence-corrected chi connectivity index (χ4v) is 4.11. The predicted molar refractivity (Wildman–Crippen MR) is 87.7 cm³/mol. The zero-order valence-corrected chi connectivity index (χ0v) is 15.2. The number of aryl methyl sites for hydroxylation is 1. The highest BCUT2D eigenvalue weighted by molar-refractivity contribution is 7.89. The summed E-state index contributed by atoms with van der Waals surface area (Å²) in [6.45, 7) is 7.78. The number of amides is 1. The van der Waals surface area contributed by atoms with Gasteiger partial charge in [-0.2, -0.15) is 4.31 Å². The van der Waals surface area contributed by atoms with E-state index >= 15 is 0 Å². The molecule has 0 unspecified atom stereocenters. The monoisotopic (exact) mass is 358 g/mol. The number of carbonyl (C=O) groups is 1. The van der Waals surface area contributed by atoms with Crippen molar-refractivity contribution in [2.75, 3.05) is 26.2 Å². The maximum Gasteiger partial charge on any atom is 0.410 e. The van der Waals surface area contributed by atoms with Crippen LogP contribution in [0, 0.1) is 12.7 Å². The molecule has 0 radical (unpaired) electrons. The Morgan fingerprint density at radius 3 is 2.25 bits per heavy atom. The van der Waals surface area contributed by atoms with Gasteiger partial charge in [0.2, 0.25) is 10.0 Å². The van der Waals surface area contributed by atoms with Crippen LogP contribution >= 0.6 is 0 Å². The number of sulfonamides is 1. The van der Waals surface area contributed by atoms with Crippen LogP contribution in [0.2, 0.25) is 0 Å². The smallest absolute Gasteiger partial charge is 0.410 e. The average Bonchev–Trinajstić information content (AvgIpc) is 2.45. The van der Waals surface area contributed by atoms with Crippen LogP contribution in [0.15, 0.2) is 23.1 Å². The second kappa shape index (κ2) is 6.68. The normalized spacial score (nSPS) is 17.0. The lowest BCUT2D eigenvalue weighted by molar-refractivity contribution is 0.0192. The number of benzene rings is 1. The lowest BCUT2D eigenvalue weighted by Gasteiger charge is -2.35. The number of nitrogens with zero attached hydrogens (tertiary/aromatic N) is 2. The average molecular weight is 358 g/mol. The van der Waals surface area contributed by atoms with E-state index in [1.54, 1.807) is 27.7 Å². The van der Waals surface area contributed by atoms with E-state index in [1.165, 1.54) is 21.3 Å². The first-order chi connectivity index (χ1) is 11.0. The molecule has 24 heavy (non-hydrogen) atoms. The summed E-state index contributed by atoms with van der Waals surface area (Å²) in [7, 11) is -3.71. The Labute approximate surface area is 142 Å². The molecule has 1 amide bonds. The summed E-state index contributed by atoms with van der Waals surface area (Å²) in [5, 5.41) is 0. The quantitative estimate of drug-likeness (QED) is 0.814. The lowest BCUT2D eigenvalue weighted by atomic mass is 10.2. The molecule has 0 saturated carbocycles. The van der Waals surface area contributed by atoms with Gasteiger partial charge < -0.3 is 9.64 Å². The molecule has 1 fully saturated rings. The number of halogens is 1. The van der Waals surface area contributed by atoms with E-state index in [2.05, 4.69) is 0 Å². The Kier molecular flexibility index (Phi) is 5.19. The van der Waals surface area contributed by atoms with Gasteiger partial charge in [-0.1, -0.05) is 0 Å². The summed E-state index contributed by atoms with van der Waals surface area (Å²) >= 11 is 0. The number of carbonyl (C=O) groups excluding carboxylic acids is 1. The summed E-state index contributed by atoms with van der Waals surface area (Å²) in [6.07, 6.45) is -0.447. The standard InChI is InChI=1S/C16H23FN2O4S/c1-12-11-13(17)5-6-14(12)24(21,22)19-9-7-18(8-10-19)15(20)23-16(2,3)4/h5-6,11H,7-10H2,1-4H3. The fraction of sp³-hybridized carbons (Fsp3) is 0.562. The number of hydrogen-bond donors (Lipinski definition) is 0. The van der Waals surface area contributed by atoms with Crippen LogP contribution in [0.3, 0.4) is 0 Å². The Bertz CT molecular complexity index is 720. The van der Waals surface area contributed by atoms with Crippen LogP contribution in [0.25, 0.3) is 0 Å². The molecule has 1 aliphatic heterocycles. The molecular weight excluding hydrogens is 335 g/mol. The molecule has 2 rings (SSSR count). The topological polar surface area (TPSA) is 66.9 Å². The van der Waals surface area contributed by atoms with Gasteiger partial charge in [0, 0.05) is 26.2 Å². The first-order valence-electron chi connectivity index (χ1n) is 7.75. The van der Waals surface area contributed by atoms with Gasteiger partial charge in [0.25, 0.3) is 0 Å². The summed E-state index contributed by atoms with van der Waals surface area (Å²) in [5.41, 5.74) is -0.226. The van der Waals surface area contributed by atoms with Crippen LogP contribution in [0.4, 0.5) is 9.18 Å². The van der Waals surface area contributed by atoms with E-state index in [4.69, 9.17) is 4.74 Å². The number of rotatable bonds is 2. The number of ether oxygens (including phenoxy) is 1. The summed E-state index contributed by atoms with van der Waals surface area (Å²) in [6, 6.07) is 3.61. The van der Waals surface area contributed by atoms with Crippen molar-refractivity contribution in [2.45, 2.75) is 38.2 Å². The first-order valence-corrected chi connectivity index (χ1v) is 9.19. The van der Waals surface area contributed by atoms with Gasteiger partial charge in [-0.3, -0.25) is 0 Å². The minimum atomic E-state index is -3.71. The number of hydrogen-bond acceptors (Lipinski definition) is 4. The molecule has 0 aliphatic carbocycles. The second-order valence-corrected chi connectivity index (χ2v) is 8.69. The third-order valence-corrected chi connectivity index (χ3v) is 5.70. The Morgan fingerprint density at radius 1 is 1.17 bits per heavy atom. The second-order valence-electron chi connectivity index (χ2n) is 6.78. The van der Waals surface area contributed by atoms with Crippen LogP contribution in [-0.4, -0.2) is 55.5 Å². The van der Waals surface area contributed by atoms with Gasteiger partial charge in [-0.25, -0.2) is 17.6 Å². The van der Waals surface area contributed by atoms with Crippen LogP contribution in [-0.2, 0) is 14.8 Å².